The van der Waals surface area contributed by atoms with Crippen LogP contribution in [0.2, 0.25) is 0 Å². The Morgan fingerprint density at radius 3 is 2.50 bits per heavy atom. The van der Waals surface area contributed by atoms with E-state index in [1.807, 2.05) is 0 Å². The highest BCUT2D eigenvalue weighted by Gasteiger charge is 2.17. The molecule has 0 fully saturated rings. The van der Waals surface area contributed by atoms with Crippen molar-refractivity contribution in [3.8, 4) is 0 Å². The molecule has 0 aliphatic rings. The van der Waals surface area contributed by atoms with Gasteiger partial charge in [-0.25, -0.2) is 0 Å². The Morgan fingerprint density at radius 2 is 2.00 bits per heavy atom. The first-order chi connectivity index (χ1) is 7.61. The average Bonchev–Trinajstić information content (AvgIpc) is 2.27. The lowest BCUT2D eigenvalue weighted by molar-refractivity contribution is -0.139. The Hall–Kier alpha value is -1.10. The van der Waals surface area contributed by atoms with Crippen molar-refractivity contribution in [3.05, 3.63) is 0 Å². The van der Waals surface area contributed by atoms with Gasteiger partial charge in [0.15, 0.2) is 0 Å². The molecule has 1 unspecified atom stereocenters. The van der Waals surface area contributed by atoms with Gasteiger partial charge in [0.25, 0.3) is 0 Å². The molecule has 0 saturated heterocycles. The van der Waals surface area contributed by atoms with Crippen LogP contribution in [0.3, 0.4) is 0 Å². The van der Waals surface area contributed by atoms with Crippen LogP contribution in [0, 0.1) is 0 Å². The molecule has 0 aliphatic heterocycles. The Bertz CT molecular complexity index is 219. The first-order valence-corrected chi connectivity index (χ1v) is 5.78. The summed E-state index contributed by atoms with van der Waals surface area (Å²) in [5, 5.41) is 14.4. The van der Waals surface area contributed by atoms with E-state index in [0.717, 1.165) is 19.3 Å². The van der Waals surface area contributed by atoms with Gasteiger partial charge in [0.1, 0.15) is 6.04 Å². The molecule has 16 heavy (non-hydrogen) atoms. The van der Waals surface area contributed by atoms with Crippen LogP contribution in [0.1, 0.15) is 39.0 Å². The molecule has 0 bridgehead atoms. The van der Waals surface area contributed by atoms with Crippen molar-refractivity contribution in [1.29, 1.82) is 0 Å². The molecule has 0 rings (SSSR count). The van der Waals surface area contributed by atoms with Gasteiger partial charge in [0, 0.05) is 13.5 Å². The van der Waals surface area contributed by atoms with E-state index < -0.39 is 12.0 Å². The molecule has 3 N–H and O–H groups in total. The summed E-state index contributed by atoms with van der Waals surface area (Å²) in [5.74, 6) is -1.01. The predicted molar refractivity (Wildman–Crippen MR) is 62.3 cm³/mol. The zero-order chi connectivity index (χ0) is 12.4. The molecule has 94 valence electrons. The second-order valence-corrected chi connectivity index (χ2v) is 3.76. The highest BCUT2D eigenvalue weighted by Crippen LogP contribution is 1.99. The Morgan fingerprint density at radius 1 is 1.31 bits per heavy atom. The smallest absolute Gasteiger partial charge is 0.320 e. The van der Waals surface area contributed by atoms with Gasteiger partial charge in [0.2, 0.25) is 5.91 Å². The van der Waals surface area contributed by atoms with Crippen LogP contribution in [0.4, 0.5) is 0 Å². The summed E-state index contributed by atoms with van der Waals surface area (Å²) >= 11 is 0. The van der Waals surface area contributed by atoms with E-state index in [-0.39, 0.29) is 12.3 Å². The van der Waals surface area contributed by atoms with Crippen molar-refractivity contribution in [2.45, 2.75) is 45.1 Å². The highest BCUT2D eigenvalue weighted by atomic mass is 16.4. The van der Waals surface area contributed by atoms with Gasteiger partial charge in [-0.1, -0.05) is 19.8 Å². The Kier molecular flexibility index (Phi) is 8.52. The van der Waals surface area contributed by atoms with Gasteiger partial charge in [0.05, 0.1) is 0 Å². The number of rotatable bonds is 9. The van der Waals surface area contributed by atoms with Gasteiger partial charge in [-0.15, -0.1) is 0 Å². The van der Waals surface area contributed by atoms with Gasteiger partial charge < -0.3 is 15.7 Å². The lowest BCUT2D eigenvalue weighted by atomic mass is 10.1. The normalized spacial score (nSPS) is 12.1. The summed E-state index contributed by atoms with van der Waals surface area (Å²) in [4.78, 5) is 21.9. The third-order valence-electron chi connectivity index (χ3n) is 2.41. The number of hydrogen-bond donors (Lipinski definition) is 3. The Labute approximate surface area is 96.6 Å². The maximum absolute atomic E-state index is 11.0. The van der Waals surface area contributed by atoms with E-state index in [2.05, 4.69) is 17.6 Å². The summed E-state index contributed by atoms with van der Waals surface area (Å²) in [7, 11) is 1.55. The number of carbonyl (C=O) groups excluding carboxylic acids is 1. The molecule has 0 radical (unpaired) electrons. The van der Waals surface area contributed by atoms with Crippen LogP contribution in [0.5, 0.6) is 0 Å². The molecule has 0 aromatic rings. The highest BCUT2D eigenvalue weighted by molar-refractivity contribution is 5.78. The Balaban J connectivity index is 3.80. The van der Waals surface area contributed by atoms with Crippen molar-refractivity contribution in [2.75, 3.05) is 13.6 Å². The van der Waals surface area contributed by atoms with E-state index in [1.165, 1.54) is 0 Å². The fourth-order valence-corrected chi connectivity index (χ4v) is 1.36. The lowest BCUT2D eigenvalue weighted by Gasteiger charge is -2.13. The number of carboxylic acids is 1. The summed E-state index contributed by atoms with van der Waals surface area (Å²) in [6.45, 7) is 2.79. The van der Waals surface area contributed by atoms with E-state index in [9.17, 15) is 9.59 Å². The SMILES string of the molecule is CCCCCNC(CCC(=O)NC)C(=O)O. The molecule has 0 aliphatic carbocycles. The minimum atomic E-state index is -0.889. The van der Waals surface area contributed by atoms with Crippen LogP contribution >= 0.6 is 0 Å². The van der Waals surface area contributed by atoms with Crippen molar-refractivity contribution in [2.24, 2.45) is 0 Å². The number of carbonyl (C=O) groups is 2. The second-order valence-electron chi connectivity index (χ2n) is 3.76. The monoisotopic (exact) mass is 230 g/mol. The second kappa shape index (κ2) is 9.15. The molecule has 1 atom stereocenters. The van der Waals surface area contributed by atoms with Crippen molar-refractivity contribution < 1.29 is 14.7 Å². The average molecular weight is 230 g/mol. The van der Waals surface area contributed by atoms with Crippen molar-refractivity contribution >= 4 is 11.9 Å². The van der Waals surface area contributed by atoms with Crippen LogP contribution in [0.15, 0.2) is 0 Å². The summed E-state index contributed by atoms with van der Waals surface area (Å²) < 4.78 is 0. The first kappa shape index (κ1) is 14.9. The fourth-order valence-electron chi connectivity index (χ4n) is 1.36. The third-order valence-corrected chi connectivity index (χ3v) is 2.41. The summed E-state index contributed by atoms with van der Waals surface area (Å²) in [6.07, 6.45) is 3.75. The zero-order valence-electron chi connectivity index (χ0n) is 10.1. The van der Waals surface area contributed by atoms with E-state index in [0.29, 0.717) is 13.0 Å². The number of hydrogen-bond acceptors (Lipinski definition) is 3. The maximum atomic E-state index is 11.0. The number of aliphatic carboxylic acids is 1. The molecule has 0 saturated carbocycles. The third kappa shape index (κ3) is 7.23. The standard InChI is InChI=1S/C11H22N2O3/c1-3-4-5-8-13-9(11(15)16)6-7-10(14)12-2/h9,13H,3-8H2,1-2H3,(H,12,14)(H,15,16). The number of unbranched alkanes of at least 4 members (excludes halogenated alkanes) is 2. The number of nitrogens with one attached hydrogen (secondary N) is 2. The van der Waals surface area contributed by atoms with Crippen LogP contribution in [0.25, 0.3) is 0 Å². The summed E-state index contributed by atoms with van der Waals surface area (Å²) in [5.41, 5.74) is 0. The molecule has 0 spiro atoms. The topological polar surface area (TPSA) is 78.4 Å². The predicted octanol–water partition coefficient (Wildman–Crippen LogP) is 0.746. The molecular weight excluding hydrogens is 208 g/mol. The summed E-state index contributed by atoms with van der Waals surface area (Å²) in [6, 6.07) is -0.617. The van der Waals surface area contributed by atoms with E-state index >= 15 is 0 Å². The minimum absolute atomic E-state index is 0.124. The zero-order valence-corrected chi connectivity index (χ0v) is 10.1. The van der Waals surface area contributed by atoms with Crippen molar-refractivity contribution in [3.63, 3.8) is 0 Å². The van der Waals surface area contributed by atoms with E-state index in [1.54, 1.807) is 7.05 Å². The lowest BCUT2D eigenvalue weighted by Crippen LogP contribution is -2.38. The van der Waals surface area contributed by atoms with Gasteiger partial charge in [-0.2, -0.15) is 0 Å². The van der Waals surface area contributed by atoms with Crippen LogP contribution in [-0.2, 0) is 9.59 Å². The molecular formula is C11H22N2O3. The van der Waals surface area contributed by atoms with Gasteiger partial charge in [-0.3, -0.25) is 9.59 Å². The number of amides is 1. The first-order valence-electron chi connectivity index (χ1n) is 5.78. The minimum Gasteiger partial charge on any atom is -0.480 e. The van der Waals surface area contributed by atoms with Crippen LogP contribution < -0.4 is 10.6 Å². The molecule has 5 heteroatoms. The number of carboxylic acid groups (broad SMARTS) is 1. The largest absolute Gasteiger partial charge is 0.480 e. The molecule has 1 amide bonds. The van der Waals surface area contributed by atoms with Gasteiger partial charge in [-0.05, 0) is 19.4 Å². The van der Waals surface area contributed by atoms with Gasteiger partial charge >= 0.3 is 5.97 Å². The fraction of sp³-hybridized carbons (Fsp3) is 0.818. The van der Waals surface area contributed by atoms with Crippen molar-refractivity contribution in [1.82, 2.24) is 10.6 Å². The molecule has 5 nitrogen and oxygen atoms in total. The quantitative estimate of drug-likeness (QED) is 0.511. The van der Waals surface area contributed by atoms with E-state index in [4.69, 9.17) is 5.11 Å². The molecule has 0 aromatic carbocycles. The van der Waals surface area contributed by atoms with Crippen LogP contribution in [-0.4, -0.2) is 36.6 Å². The molecule has 0 heterocycles. The maximum Gasteiger partial charge on any atom is 0.320 e. The molecule has 0 aromatic heterocycles.